The van der Waals surface area contributed by atoms with Gasteiger partial charge >= 0.3 is 5.97 Å². The molecule has 146 valence electrons. The number of H-pyrrole nitrogens is 1. The van der Waals surface area contributed by atoms with E-state index < -0.39 is 5.97 Å². The van der Waals surface area contributed by atoms with E-state index in [1.54, 1.807) is 13.2 Å². The summed E-state index contributed by atoms with van der Waals surface area (Å²) in [6, 6.07) is 5.44. The quantitative estimate of drug-likeness (QED) is 0.761. The summed E-state index contributed by atoms with van der Waals surface area (Å²) in [5.41, 5.74) is 1.33. The number of piperidine rings is 1. The molecule has 0 spiro atoms. The Morgan fingerprint density at radius 2 is 2.15 bits per heavy atom. The first-order chi connectivity index (χ1) is 13.0. The summed E-state index contributed by atoms with van der Waals surface area (Å²) in [7, 11) is 2.87. The van der Waals surface area contributed by atoms with Crippen molar-refractivity contribution in [2.45, 2.75) is 26.2 Å². The number of nitrogens with zero attached hydrogens (tertiary/aromatic N) is 1. The van der Waals surface area contributed by atoms with Crippen LogP contribution in [0.2, 0.25) is 0 Å². The summed E-state index contributed by atoms with van der Waals surface area (Å²) in [6.07, 6.45) is 2.80. The lowest BCUT2D eigenvalue weighted by Gasteiger charge is -2.30. The highest BCUT2D eigenvalue weighted by Crippen LogP contribution is 2.35. The average Bonchev–Trinajstić information content (AvgIpc) is 3.04. The van der Waals surface area contributed by atoms with Crippen LogP contribution in [-0.4, -0.2) is 55.6 Å². The van der Waals surface area contributed by atoms with E-state index in [0.29, 0.717) is 41.2 Å². The number of esters is 1. The lowest BCUT2D eigenvalue weighted by atomic mass is 10.0. The number of benzene rings is 1. The van der Waals surface area contributed by atoms with E-state index in [0.717, 1.165) is 13.1 Å². The van der Waals surface area contributed by atoms with Crippen molar-refractivity contribution in [2.24, 2.45) is 5.92 Å². The van der Waals surface area contributed by atoms with Gasteiger partial charge in [0.05, 0.1) is 30.8 Å². The maximum Gasteiger partial charge on any atom is 0.356 e. The number of aromatic amines is 1. The number of aromatic nitrogens is 1. The largest absolute Gasteiger partial charge is 0.496 e. The third-order valence-electron chi connectivity index (χ3n) is 5.06. The van der Waals surface area contributed by atoms with Crippen LogP contribution in [0.25, 0.3) is 10.9 Å². The molecule has 2 heterocycles. The summed E-state index contributed by atoms with van der Waals surface area (Å²) in [6.45, 7) is 5.02. The van der Waals surface area contributed by atoms with Crippen molar-refractivity contribution in [1.82, 2.24) is 9.88 Å². The highest BCUT2D eigenvalue weighted by molar-refractivity contribution is 6.12. The second-order valence-corrected chi connectivity index (χ2v) is 7.10. The SMILES string of the molecule is COC(=O)c1[nH]c2cccc(OC)c2c1NC(=O)CCN1CCC[C@H](C)C1. The molecule has 2 aromatic rings. The minimum atomic E-state index is -0.534. The van der Waals surface area contributed by atoms with Gasteiger partial charge in [0.1, 0.15) is 11.4 Å². The highest BCUT2D eigenvalue weighted by Gasteiger charge is 2.23. The number of ether oxygens (including phenoxy) is 2. The Labute approximate surface area is 159 Å². The lowest BCUT2D eigenvalue weighted by molar-refractivity contribution is -0.116. The van der Waals surface area contributed by atoms with Gasteiger partial charge in [0.2, 0.25) is 5.91 Å². The lowest BCUT2D eigenvalue weighted by Crippen LogP contribution is -2.36. The summed E-state index contributed by atoms with van der Waals surface area (Å²) in [4.78, 5) is 30.1. The summed E-state index contributed by atoms with van der Waals surface area (Å²) < 4.78 is 10.3. The molecule has 1 aliphatic rings. The van der Waals surface area contributed by atoms with Crippen molar-refractivity contribution >= 4 is 28.5 Å². The van der Waals surface area contributed by atoms with Crippen molar-refractivity contribution in [1.29, 1.82) is 0 Å². The van der Waals surface area contributed by atoms with E-state index in [2.05, 4.69) is 22.1 Å². The Kier molecular flexibility index (Phi) is 6.01. The van der Waals surface area contributed by atoms with Gasteiger partial charge < -0.3 is 24.7 Å². The van der Waals surface area contributed by atoms with Crippen LogP contribution in [0.1, 0.15) is 36.7 Å². The first-order valence-corrected chi connectivity index (χ1v) is 9.32. The van der Waals surface area contributed by atoms with E-state index in [1.807, 2.05) is 12.1 Å². The van der Waals surface area contributed by atoms with Crippen LogP contribution >= 0.6 is 0 Å². The van der Waals surface area contributed by atoms with Gasteiger partial charge in [-0.25, -0.2) is 4.79 Å². The molecule has 0 radical (unpaired) electrons. The van der Waals surface area contributed by atoms with Crippen molar-refractivity contribution in [3.05, 3.63) is 23.9 Å². The van der Waals surface area contributed by atoms with Crippen LogP contribution < -0.4 is 10.1 Å². The van der Waals surface area contributed by atoms with Gasteiger partial charge in [0.25, 0.3) is 0 Å². The summed E-state index contributed by atoms with van der Waals surface area (Å²) in [5.74, 6) is 0.586. The average molecular weight is 373 g/mol. The molecule has 0 saturated carbocycles. The molecule has 1 amide bonds. The standard InChI is InChI=1S/C20H27N3O4/c1-13-6-5-10-23(12-13)11-9-16(24)22-18-17-14(7-4-8-15(17)26-2)21-19(18)20(25)27-3/h4,7-8,13,21H,5-6,9-12H2,1-3H3,(H,22,24)/t13-/m0/s1. The van der Waals surface area contributed by atoms with E-state index in [-0.39, 0.29) is 11.6 Å². The fourth-order valence-electron chi connectivity index (χ4n) is 3.72. The first-order valence-electron chi connectivity index (χ1n) is 9.32. The molecule has 1 aliphatic heterocycles. The number of nitrogens with one attached hydrogen (secondary N) is 2. The van der Waals surface area contributed by atoms with Crippen LogP contribution in [0.4, 0.5) is 5.69 Å². The van der Waals surface area contributed by atoms with Crippen molar-refractivity contribution in [3.63, 3.8) is 0 Å². The van der Waals surface area contributed by atoms with E-state index in [9.17, 15) is 9.59 Å². The number of amides is 1. The number of hydrogen-bond acceptors (Lipinski definition) is 5. The molecule has 1 aromatic heterocycles. The minimum absolute atomic E-state index is 0.134. The molecule has 1 atom stereocenters. The van der Waals surface area contributed by atoms with E-state index >= 15 is 0 Å². The number of anilines is 1. The zero-order valence-electron chi connectivity index (χ0n) is 16.1. The number of fused-ring (bicyclic) bond motifs is 1. The monoisotopic (exact) mass is 373 g/mol. The maximum absolute atomic E-state index is 12.6. The summed E-state index contributed by atoms with van der Waals surface area (Å²) >= 11 is 0. The maximum atomic E-state index is 12.6. The molecule has 7 heteroatoms. The topological polar surface area (TPSA) is 83.7 Å². The molecule has 0 unspecified atom stereocenters. The Balaban J connectivity index is 1.80. The Bertz CT molecular complexity index is 830. The minimum Gasteiger partial charge on any atom is -0.496 e. The number of hydrogen-bond donors (Lipinski definition) is 2. The van der Waals surface area contributed by atoms with Crippen molar-refractivity contribution < 1.29 is 19.1 Å². The van der Waals surface area contributed by atoms with Crippen LogP contribution in [0.15, 0.2) is 18.2 Å². The second kappa shape index (κ2) is 8.43. The van der Waals surface area contributed by atoms with Gasteiger partial charge in [-0.05, 0) is 37.4 Å². The smallest absolute Gasteiger partial charge is 0.356 e. The first kappa shape index (κ1) is 19.2. The van der Waals surface area contributed by atoms with Crippen LogP contribution in [0.5, 0.6) is 5.75 Å². The molecule has 1 fully saturated rings. The number of rotatable bonds is 6. The Morgan fingerprint density at radius 1 is 1.33 bits per heavy atom. The second-order valence-electron chi connectivity index (χ2n) is 7.10. The normalized spacial score (nSPS) is 17.7. The molecular weight excluding hydrogens is 346 g/mol. The predicted molar refractivity (Wildman–Crippen MR) is 104 cm³/mol. The Morgan fingerprint density at radius 3 is 2.85 bits per heavy atom. The zero-order valence-corrected chi connectivity index (χ0v) is 16.1. The van der Waals surface area contributed by atoms with Gasteiger partial charge in [0.15, 0.2) is 0 Å². The molecule has 27 heavy (non-hydrogen) atoms. The van der Waals surface area contributed by atoms with E-state index in [4.69, 9.17) is 9.47 Å². The van der Waals surface area contributed by atoms with Crippen LogP contribution in [0.3, 0.4) is 0 Å². The highest BCUT2D eigenvalue weighted by atomic mass is 16.5. The van der Waals surface area contributed by atoms with Gasteiger partial charge in [-0.15, -0.1) is 0 Å². The molecule has 1 saturated heterocycles. The Hall–Kier alpha value is -2.54. The van der Waals surface area contributed by atoms with Crippen molar-refractivity contribution in [3.8, 4) is 5.75 Å². The number of methoxy groups -OCH3 is 2. The molecular formula is C20H27N3O4. The van der Waals surface area contributed by atoms with Crippen LogP contribution in [0, 0.1) is 5.92 Å². The van der Waals surface area contributed by atoms with Gasteiger partial charge in [0, 0.05) is 19.5 Å². The van der Waals surface area contributed by atoms with E-state index in [1.165, 1.54) is 20.0 Å². The summed E-state index contributed by atoms with van der Waals surface area (Å²) in [5, 5.41) is 3.56. The third-order valence-corrected chi connectivity index (χ3v) is 5.06. The molecule has 2 N–H and O–H groups in total. The van der Waals surface area contributed by atoms with Crippen LogP contribution in [-0.2, 0) is 9.53 Å². The number of carbonyl (C=O) groups is 2. The molecule has 0 aliphatic carbocycles. The molecule has 1 aromatic carbocycles. The van der Waals surface area contributed by atoms with Gasteiger partial charge in [-0.2, -0.15) is 0 Å². The van der Waals surface area contributed by atoms with Gasteiger partial charge in [-0.1, -0.05) is 13.0 Å². The third kappa shape index (κ3) is 4.24. The molecule has 3 rings (SSSR count). The fourth-order valence-corrected chi connectivity index (χ4v) is 3.72. The molecule has 7 nitrogen and oxygen atoms in total. The number of likely N-dealkylation sites (tertiary alicyclic amines) is 1. The van der Waals surface area contributed by atoms with Gasteiger partial charge in [-0.3, -0.25) is 4.79 Å². The fraction of sp³-hybridized carbons (Fsp3) is 0.500. The van der Waals surface area contributed by atoms with Crippen molar-refractivity contribution in [2.75, 3.05) is 39.2 Å². The molecule has 0 bridgehead atoms. The zero-order chi connectivity index (χ0) is 19.4. The number of carbonyl (C=O) groups excluding carboxylic acids is 2. The predicted octanol–water partition coefficient (Wildman–Crippen LogP) is 3.02.